The summed E-state index contributed by atoms with van der Waals surface area (Å²) < 4.78 is 25.7. The topological polar surface area (TPSA) is 38.8 Å². The largest absolute Gasteiger partial charge is 0.353 e. The van der Waals surface area contributed by atoms with E-state index >= 15 is 0 Å². The van der Waals surface area contributed by atoms with Crippen molar-refractivity contribution in [3.63, 3.8) is 0 Å². The molecule has 0 bridgehead atoms. The molecule has 0 aliphatic heterocycles. The zero-order chi connectivity index (χ0) is 19.0. The third kappa shape index (κ3) is 5.95. The molecule has 0 saturated heterocycles. The Morgan fingerprint density at radius 1 is 1.08 bits per heavy atom. The molecule has 5 heteroatoms. The van der Waals surface area contributed by atoms with Gasteiger partial charge in [-0.05, 0) is 46.3 Å². The number of nitrogens with zero attached hydrogens (tertiary/aromatic N) is 1. The van der Waals surface area contributed by atoms with Gasteiger partial charge in [0.1, 0.15) is 5.78 Å². The standard InChI is InChI=1S/C20H32NO3P/c1-8-19(18-14-12-11-13-15-18)20(21(9-2)10-3)25(22,23-16(4)5)24-17(6)7/h11-17,20H,1,9-10H2,2-7H3. The molecule has 140 valence electrons. The summed E-state index contributed by atoms with van der Waals surface area (Å²) in [5, 5.41) is 0. The molecule has 1 unspecified atom stereocenters. The smallest absolute Gasteiger partial charge is 0.304 e. The third-order valence-corrected chi connectivity index (χ3v) is 6.32. The van der Waals surface area contributed by atoms with Gasteiger partial charge in [0.15, 0.2) is 0 Å². The van der Waals surface area contributed by atoms with Gasteiger partial charge in [0.05, 0.1) is 12.2 Å². The highest BCUT2D eigenvalue weighted by Crippen LogP contribution is 2.59. The first-order valence-electron chi connectivity index (χ1n) is 8.94. The van der Waals surface area contributed by atoms with Gasteiger partial charge in [0.25, 0.3) is 0 Å². The SMILES string of the molecule is C=C=C(c1ccccc1)C(N(CC)CC)P(=O)(OC(C)C)OC(C)C. The summed E-state index contributed by atoms with van der Waals surface area (Å²) in [6, 6.07) is 9.79. The first-order valence-corrected chi connectivity index (χ1v) is 10.6. The second-order valence-electron chi connectivity index (χ2n) is 6.40. The zero-order valence-corrected chi connectivity index (χ0v) is 17.3. The molecule has 1 aromatic rings. The molecule has 1 aromatic carbocycles. The summed E-state index contributed by atoms with van der Waals surface area (Å²) in [6.07, 6.45) is -0.436. The minimum atomic E-state index is -3.48. The van der Waals surface area contributed by atoms with Crippen molar-refractivity contribution in [3.8, 4) is 0 Å². The summed E-state index contributed by atoms with van der Waals surface area (Å²) in [5.74, 6) is -0.549. The monoisotopic (exact) mass is 365 g/mol. The Labute approximate surface area is 153 Å². The average molecular weight is 365 g/mol. The highest BCUT2D eigenvalue weighted by molar-refractivity contribution is 7.55. The molecule has 0 radical (unpaired) electrons. The lowest BCUT2D eigenvalue weighted by Crippen LogP contribution is -2.37. The first kappa shape index (κ1) is 21.9. The summed E-state index contributed by atoms with van der Waals surface area (Å²) >= 11 is 0. The van der Waals surface area contributed by atoms with Crippen LogP contribution in [-0.2, 0) is 13.6 Å². The van der Waals surface area contributed by atoms with Crippen LogP contribution in [0.4, 0.5) is 0 Å². The number of benzene rings is 1. The Morgan fingerprint density at radius 2 is 1.56 bits per heavy atom. The van der Waals surface area contributed by atoms with Crippen molar-refractivity contribution in [2.75, 3.05) is 13.1 Å². The molecular formula is C20H32NO3P. The van der Waals surface area contributed by atoms with Crippen LogP contribution in [0.15, 0.2) is 42.6 Å². The molecule has 25 heavy (non-hydrogen) atoms. The Hall–Kier alpha value is -1.15. The Bertz CT molecular complexity index is 603. The van der Waals surface area contributed by atoms with Gasteiger partial charge in [-0.3, -0.25) is 9.46 Å². The van der Waals surface area contributed by atoms with Crippen LogP contribution in [0, 0.1) is 0 Å². The lowest BCUT2D eigenvalue weighted by molar-refractivity contribution is 0.123. The normalized spacial score (nSPS) is 13.3. The second-order valence-corrected chi connectivity index (χ2v) is 8.39. The maximum Gasteiger partial charge on any atom is 0.353 e. The lowest BCUT2D eigenvalue weighted by atomic mass is 10.1. The highest BCUT2D eigenvalue weighted by atomic mass is 31.2. The first-order chi connectivity index (χ1) is 11.8. The quantitative estimate of drug-likeness (QED) is 0.402. The van der Waals surface area contributed by atoms with E-state index in [1.54, 1.807) is 0 Å². The van der Waals surface area contributed by atoms with Gasteiger partial charge in [-0.15, -0.1) is 5.73 Å². The Kier molecular flexibility index (Phi) is 8.85. The molecule has 0 spiro atoms. The second kappa shape index (κ2) is 10.1. The lowest BCUT2D eigenvalue weighted by Gasteiger charge is -2.37. The number of hydrogen-bond donors (Lipinski definition) is 0. The van der Waals surface area contributed by atoms with E-state index in [0.717, 1.165) is 11.1 Å². The minimum Gasteiger partial charge on any atom is -0.304 e. The Morgan fingerprint density at radius 3 is 1.92 bits per heavy atom. The van der Waals surface area contributed by atoms with Crippen LogP contribution in [0.5, 0.6) is 0 Å². The van der Waals surface area contributed by atoms with Crippen LogP contribution >= 0.6 is 7.60 Å². The summed E-state index contributed by atoms with van der Waals surface area (Å²) in [4.78, 5) is 2.09. The van der Waals surface area contributed by atoms with Gasteiger partial charge in [-0.2, -0.15) is 0 Å². The fourth-order valence-corrected chi connectivity index (χ4v) is 5.54. The molecular weight excluding hydrogens is 333 g/mol. The van der Waals surface area contributed by atoms with Crippen molar-refractivity contribution < 1.29 is 13.6 Å². The summed E-state index contributed by atoms with van der Waals surface area (Å²) in [7, 11) is -3.48. The molecule has 0 fully saturated rings. The van der Waals surface area contributed by atoms with Crippen molar-refractivity contribution >= 4 is 13.2 Å². The van der Waals surface area contributed by atoms with Crippen molar-refractivity contribution in [1.82, 2.24) is 4.90 Å². The zero-order valence-electron chi connectivity index (χ0n) is 16.4. The van der Waals surface area contributed by atoms with E-state index in [4.69, 9.17) is 9.05 Å². The van der Waals surface area contributed by atoms with E-state index in [1.165, 1.54) is 0 Å². The van der Waals surface area contributed by atoms with E-state index < -0.39 is 13.4 Å². The molecule has 0 N–H and O–H groups in total. The van der Waals surface area contributed by atoms with Gasteiger partial charge >= 0.3 is 7.60 Å². The van der Waals surface area contributed by atoms with Crippen LogP contribution in [0.2, 0.25) is 0 Å². The van der Waals surface area contributed by atoms with Gasteiger partial charge in [0, 0.05) is 5.57 Å². The number of rotatable bonds is 10. The molecule has 4 nitrogen and oxygen atoms in total. The fraction of sp³-hybridized carbons (Fsp3) is 0.550. The van der Waals surface area contributed by atoms with Crippen LogP contribution in [0.1, 0.15) is 47.1 Å². The van der Waals surface area contributed by atoms with Gasteiger partial charge in [-0.1, -0.05) is 50.8 Å². The molecule has 0 aromatic heterocycles. The maximum absolute atomic E-state index is 13.9. The van der Waals surface area contributed by atoms with Crippen molar-refractivity contribution in [1.29, 1.82) is 0 Å². The molecule has 0 amide bonds. The Balaban J connectivity index is 3.53. The van der Waals surface area contributed by atoms with Crippen LogP contribution < -0.4 is 0 Å². The van der Waals surface area contributed by atoms with Crippen molar-refractivity contribution in [2.45, 2.75) is 59.5 Å². The van der Waals surface area contributed by atoms with E-state index in [2.05, 4.69) is 17.2 Å². The van der Waals surface area contributed by atoms with Crippen LogP contribution in [0.3, 0.4) is 0 Å². The van der Waals surface area contributed by atoms with Gasteiger partial charge < -0.3 is 9.05 Å². The van der Waals surface area contributed by atoms with Crippen molar-refractivity contribution in [3.05, 3.63) is 48.2 Å². The molecule has 0 heterocycles. The van der Waals surface area contributed by atoms with Crippen molar-refractivity contribution in [2.24, 2.45) is 0 Å². The third-order valence-electron chi connectivity index (χ3n) is 3.71. The van der Waals surface area contributed by atoms with E-state index in [9.17, 15) is 4.57 Å². The molecule has 0 saturated carbocycles. The number of hydrogen-bond acceptors (Lipinski definition) is 4. The van der Waals surface area contributed by atoms with Gasteiger partial charge in [-0.25, -0.2) is 0 Å². The maximum atomic E-state index is 13.9. The summed E-state index contributed by atoms with van der Waals surface area (Å²) in [6.45, 7) is 16.8. The average Bonchev–Trinajstić information content (AvgIpc) is 2.54. The molecule has 1 atom stereocenters. The molecule has 1 rings (SSSR count). The minimum absolute atomic E-state index is 0.218. The highest BCUT2D eigenvalue weighted by Gasteiger charge is 2.43. The molecule has 0 aliphatic carbocycles. The van der Waals surface area contributed by atoms with Crippen LogP contribution in [0.25, 0.3) is 5.57 Å². The van der Waals surface area contributed by atoms with E-state index in [-0.39, 0.29) is 12.2 Å². The predicted octanol–water partition coefficient (Wildman–Crippen LogP) is 5.57. The van der Waals surface area contributed by atoms with E-state index in [1.807, 2.05) is 71.9 Å². The predicted molar refractivity (Wildman–Crippen MR) is 106 cm³/mol. The molecule has 0 aliphatic rings. The fourth-order valence-electron chi connectivity index (χ4n) is 2.80. The summed E-state index contributed by atoms with van der Waals surface area (Å²) in [5.41, 5.74) is 4.68. The van der Waals surface area contributed by atoms with Crippen LogP contribution in [-0.4, -0.2) is 36.0 Å². The van der Waals surface area contributed by atoms with E-state index in [0.29, 0.717) is 13.1 Å². The number of likely N-dealkylation sites (N-methyl/N-ethyl adjacent to an activating group) is 1. The van der Waals surface area contributed by atoms with Gasteiger partial charge in [0.2, 0.25) is 0 Å².